The Morgan fingerprint density at radius 3 is 1.87 bits per heavy atom. The average Bonchev–Trinajstić information content (AvgIpc) is 3.85. The number of benzene rings is 9. The van der Waals surface area contributed by atoms with Gasteiger partial charge in [-0.15, -0.1) is 0 Å². The summed E-state index contributed by atoms with van der Waals surface area (Å²) < 4.78 is 6.38. The third-order valence-corrected chi connectivity index (χ3v) is 11.8. The van der Waals surface area contributed by atoms with Crippen LogP contribution in [0.3, 0.4) is 0 Å². The van der Waals surface area contributed by atoms with Gasteiger partial charge in [-0.05, 0) is 121 Å². The van der Waals surface area contributed by atoms with Crippen LogP contribution < -0.4 is 4.90 Å². The van der Waals surface area contributed by atoms with Crippen LogP contribution >= 0.6 is 0 Å². The second-order valence-electron chi connectivity index (χ2n) is 14.4. The third kappa shape index (κ3) is 3.77. The molecule has 2 aliphatic carbocycles. The lowest BCUT2D eigenvalue weighted by atomic mass is 9.69. The predicted octanol–water partition coefficient (Wildman–Crippen LogP) is 13.7. The number of rotatable bonds is 3. The number of fused-ring (bicyclic) bond motifs is 16. The Hall–Kier alpha value is -6.90. The van der Waals surface area contributed by atoms with E-state index in [9.17, 15) is 0 Å². The van der Waals surface area contributed by atoms with Crippen LogP contribution in [0.1, 0.15) is 22.3 Å². The van der Waals surface area contributed by atoms with Crippen LogP contribution in [0.2, 0.25) is 0 Å². The molecule has 0 saturated carbocycles. The highest BCUT2D eigenvalue weighted by molar-refractivity contribution is 6.14. The smallest absolute Gasteiger partial charge is 0.137 e. The van der Waals surface area contributed by atoms with Crippen molar-refractivity contribution in [3.63, 3.8) is 0 Å². The van der Waals surface area contributed by atoms with Gasteiger partial charge in [0.2, 0.25) is 0 Å². The van der Waals surface area contributed by atoms with Crippen LogP contribution in [0, 0.1) is 0 Å². The summed E-state index contributed by atoms with van der Waals surface area (Å²) in [6.45, 7) is 0. The minimum atomic E-state index is -0.441. The van der Waals surface area contributed by atoms with Crippen molar-refractivity contribution in [1.29, 1.82) is 0 Å². The first-order valence-electron chi connectivity index (χ1n) is 18.3. The molecule has 9 aromatic carbocycles. The molecule has 246 valence electrons. The van der Waals surface area contributed by atoms with E-state index in [4.69, 9.17) is 4.42 Å². The van der Waals surface area contributed by atoms with E-state index in [1.54, 1.807) is 0 Å². The molecule has 12 rings (SSSR count). The molecule has 10 aromatic rings. The van der Waals surface area contributed by atoms with Crippen molar-refractivity contribution in [2.24, 2.45) is 0 Å². The minimum absolute atomic E-state index is 0.441. The summed E-state index contributed by atoms with van der Waals surface area (Å²) in [5, 5.41) is 7.25. The van der Waals surface area contributed by atoms with Crippen LogP contribution in [0.25, 0.3) is 65.7 Å². The molecule has 2 aliphatic rings. The van der Waals surface area contributed by atoms with Crippen LogP contribution in [0.4, 0.5) is 17.1 Å². The SMILES string of the molecule is c1ccc(N(c2ccc3c4c(ccc3c2)-c2cc3ccccc3cc2C42c3ccccc3-c3ccccc32)c2cccc3oc4ccccc4c23)cc1. The number of nitrogens with zero attached hydrogens (tertiary/aromatic N) is 1. The first kappa shape index (κ1) is 28.8. The van der Waals surface area contributed by atoms with Gasteiger partial charge in [-0.3, -0.25) is 0 Å². The summed E-state index contributed by atoms with van der Waals surface area (Å²) in [5.74, 6) is 0. The maximum Gasteiger partial charge on any atom is 0.137 e. The Balaban J connectivity index is 1.16. The van der Waals surface area contributed by atoms with Gasteiger partial charge in [0.25, 0.3) is 0 Å². The minimum Gasteiger partial charge on any atom is -0.456 e. The molecule has 2 nitrogen and oxygen atoms in total. The maximum atomic E-state index is 6.38. The van der Waals surface area contributed by atoms with Gasteiger partial charge in [-0.25, -0.2) is 0 Å². The Bertz CT molecular complexity index is 3090. The van der Waals surface area contributed by atoms with Gasteiger partial charge in [-0.2, -0.15) is 0 Å². The molecule has 0 bridgehead atoms. The first-order valence-corrected chi connectivity index (χ1v) is 18.3. The highest BCUT2D eigenvalue weighted by Crippen LogP contribution is 2.64. The molecular formula is C51H31NO. The average molecular weight is 674 g/mol. The van der Waals surface area contributed by atoms with Crippen molar-refractivity contribution in [3.05, 3.63) is 210 Å². The third-order valence-electron chi connectivity index (χ3n) is 11.8. The van der Waals surface area contributed by atoms with E-state index in [0.717, 1.165) is 39.0 Å². The molecule has 53 heavy (non-hydrogen) atoms. The quantitative estimate of drug-likeness (QED) is 0.186. The molecule has 0 N–H and O–H groups in total. The molecule has 2 heteroatoms. The molecule has 0 aliphatic heterocycles. The van der Waals surface area contributed by atoms with Gasteiger partial charge in [0.1, 0.15) is 11.2 Å². The zero-order valence-electron chi connectivity index (χ0n) is 28.8. The molecule has 1 spiro atoms. The molecule has 0 fully saturated rings. The molecule has 0 saturated heterocycles. The van der Waals surface area contributed by atoms with Gasteiger partial charge in [0, 0.05) is 16.8 Å². The Morgan fingerprint density at radius 1 is 0.377 bits per heavy atom. The fourth-order valence-electron chi connectivity index (χ4n) is 9.73. The largest absolute Gasteiger partial charge is 0.456 e. The number of hydrogen-bond donors (Lipinski definition) is 0. The van der Waals surface area contributed by atoms with Crippen molar-refractivity contribution < 1.29 is 4.42 Å². The molecule has 0 unspecified atom stereocenters. The maximum absolute atomic E-state index is 6.38. The predicted molar refractivity (Wildman–Crippen MR) is 220 cm³/mol. The van der Waals surface area contributed by atoms with E-state index in [0.29, 0.717) is 0 Å². The van der Waals surface area contributed by atoms with Crippen LogP contribution in [0.15, 0.2) is 192 Å². The van der Waals surface area contributed by atoms with E-state index < -0.39 is 5.41 Å². The van der Waals surface area contributed by atoms with Gasteiger partial charge in [0.05, 0.1) is 16.5 Å². The number of anilines is 3. The monoisotopic (exact) mass is 673 g/mol. The fourth-order valence-corrected chi connectivity index (χ4v) is 9.73. The van der Waals surface area contributed by atoms with Gasteiger partial charge in [0.15, 0.2) is 0 Å². The highest BCUT2D eigenvalue weighted by atomic mass is 16.3. The lowest BCUT2D eigenvalue weighted by molar-refractivity contribution is 0.669. The number of para-hydroxylation sites is 2. The van der Waals surface area contributed by atoms with E-state index >= 15 is 0 Å². The number of furan rings is 1. The normalized spacial score (nSPS) is 13.4. The second kappa shape index (κ2) is 10.6. The van der Waals surface area contributed by atoms with Crippen molar-refractivity contribution in [2.45, 2.75) is 5.41 Å². The lowest BCUT2D eigenvalue weighted by Gasteiger charge is -2.32. The zero-order valence-corrected chi connectivity index (χ0v) is 28.8. The Kier molecular flexibility index (Phi) is 5.73. The first-order chi connectivity index (χ1) is 26.3. The van der Waals surface area contributed by atoms with Crippen LogP contribution in [0.5, 0.6) is 0 Å². The molecular weight excluding hydrogens is 643 g/mol. The summed E-state index contributed by atoms with van der Waals surface area (Å²) in [6, 6.07) is 69.0. The topological polar surface area (TPSA) is 16.4 Å². The summed E-state index contributed by atoms with van der Waals surface area (Å²) in [5.41, 5.74) is 15.4. The Morgan fingerprint density at radius 2 is 1.06 bits per heavy atom. The molecule has 1 aromatic heterocycles. The molecule has 0 radical (unpaired) electrons. The van der Waals surface area contributed by atoms with Crippen molar-refractivity contribution in [3.8, 4) is 22.3 Å². The van der Waals surface area contributed by atoms with Crippen molar-refractivity contribution in [2.75, 3.05) is 4.90 Å². The summed E-state index contributed by atoms with van der Waals surface area (Å²) in [7, 11) is 0. The van der Waals surface area contributed by atoms with Gasteiger partial charge >= 0.3 is 0 Å². The van der Waals surface area contributed by atoms with E-state index in [1.165, 1.54) is 66.1 Å². The lowest BCUT2D eigenvalue weighted by Crippen LogP contribution is -2.26. The van der Waals surface area contributed by atoms with Crippen LogP contribution in [-0.4, -0.2) is 0 Å². The van der Waals surface area contributed by atoms with Gasteiger partial charge in [-0.1, -0.05) is 133 Å². The fraction of sp³-hybridized carbons (Fsp3) is 0.0196. The van der Waals surface area contributed by atoms with E-state index in [1.807, 2.05) is 6.07 Å². The summed E-state index contributed by atoms with van der Waals surface area (Å²) >= 11 is 0. The second-order valence-corrected chi connectivity index (χ2v) is 14.4. The Labute approximate surface area is 306 Å². The molecule has 0 amide bonds. The molecule has 0 atom stereocenters. The van der Waals surface area contributed by atoms with E-state index in [-0.39, 0.29) is 0 Å². The van der Waals surface area contributed by atoms with Crippen molar-refractivity contribution in [1.82, 2.24) is 0 Å². The van der Waals surface area contributed by atoms with Crippen LogP contribution in [-0.2, 0) is 5.41 Å². The summed E-state index contributed by atoms with van der Waals surface area (Å²) in [4.78, 5) is 2.38. The number of hydrogen-bond acceptors (Lipinski definition) is 2. The highest BCUT2D eigenvalue weighted by Gasteiger charge is 2.52. The zero-order chi connectivity index (χ0) is 34.7. The summed E-state index contributed by atoms with van der Waals surface area (Å²) in [6.07, 6.45) is 0. The molecule has 1 heterocycles. The standard InChI is InChI=1S/C51H31NO/c1-2-15-35(16-3-1)52(46-22-12-24-48-49(46)41-19-8-11-23-47(41)53-48)36-26-28-37-34(29-36)25-27-40-42-30-32-13-4-5-14-33(32)31-45(42)51(50(37)40)43-20-9-6-17-38(43)39-18-7-10-21-44(39)51/h1-31H. The van der Waals surface area contributed by atoms with Gasteiger partial charge < -0.3 is 9.32 Å². The van der Waals surface area contributed by atoms with Crippen molar-refractivity contribution >= 4 is 60.5 Å². The van der Waals surface area contributed by atoms with E-state index in [2.05, 4.69) is 187 Å².